The average molecular weight is 239 g/mol. The first-order valence-electron chi connectivity index (χ1n) is 5.47. The monoisotopic (exact) mass is 239 g/mol. The number of hydrogen-bond donors (Lipinski definition) is 1. The zero-order valence-electron chi connectivity index (χ0n) is 9.69. The molecule has 1 atom stereocenters. The van der Waals surface area contributed by atoms with Gasteiger partial charge in [-0.25, -0.2) is 4.98 Å². The number of methoxy groups -OCH3 is 1. The van der Waals surface area contributed by atoms with Crippen LogP contribution in [-0.4, -0.2) is 34.1 Å². The van der Waals surface area contributed by atoms with Gasteiger partial charge in [0.2, 0.25) is 11.8 Å². The van der Waals surface area contributed by atoms with Crippen LogP contribution in [-0.2, 0) is 0 Å². The molecule has 0 bridgehead atoms. The van der Waals surface area contributed by atoms with E-state index in [1.165, 1.54) is 18.6 Å². The second-order valence-electron chi connectivity index (χ2n) is 4.18. The van der Waals surface area contributed by atoms with Crippen molar-refractivity contribution in [3.05, 3.63) is 12.3 Å². The van der Waals surface area contributed by atoms with Gasteiger partial charge in [-0.1, -0.05) is 0 Å². The highest BCUT2D eigenvalue weighted by atomic mass is 32.2. The molecule has 2 heterocycles. The van der Waals surface area contributed by atoms with Gasteiger partial charge in [0, 0.05) is 23.6 Å². The third-order valence-corrected chi connectivity index (χ3v) is 4.30. The van der Waals surface area contributed by atoms with Gasteiger partial charge in [0.1, 0.15) is 0 Å². The van der Waals surface area contributed by atoms with Crippen LogP contribution in [0.3, 0.4) is 0 Å². The number of nitrogens with zero attached hydrogens (tertiary/aromatic N) is 2. The smallest absolute Gasteiger partial charge is 0.225 e. The molecule has 4 nitrogen and oxygen atoms in total. The maximum atomic E-state index is 5.06. The minimum atomic E-state index is 0.326. The minimum absolute atomic E-state index is 0.326. The van der Waals surface area contributed by atoms with Crippen molar-refractivity contribution in [1.29, 1.82) is 0 Å². The van der Waals surface area contributed by atoms with Gasteiger partial charge in [0.25, 0.3) is 0 Å². The molecule has 0 amide bonds. The van der Waals surface area contributed by atoms with E-state index in [4.69, 9.17) is 4.74 Å². The molecule has 1 aromatic heterocycles. The van der Waals surface area contributed by atoms with Gasteiger partial charge in [-0.2, -0.15) is 16.7 Å². The molecule has 1 aliphatic heterocycles. The molecule has 0 radical (unpaired) electrons. The van der Waals surface area contributed by atoms with Crippen LogP contribution in [0.5, 0.6) is 5.88 Å². The predicted octanol–water partition coefficient (Wildman–Crippen LogP) is 2.18. The van der Waals surface area contributed by atoms with E-state index < -0.39 is 0 Å². The molecule has 5 heteroatoms. The van der Waals surface area contributed by atoms with Gasteiger partial charge in [-0.3, -0.25) is 0 Å². The van der Waals surface area contributed by atoms with Gasteiger partial charge < -0.3 is 10.1 Å². The van der Waals surface area contributed by atoms with Crippen LogP contribution in [0.4, 0.5) is 5.95 Å². The van der Waals surface area contributed by atoms with E-state index in [2.05, 4.69) is 22.2 Å². The van der Waals surface area contributed by atoms with Crippen LogP contribution < -0.4 is 10.1 Å². The van der Waals surface area contributed by atoms with E-state index in [1.54, 1.807) is 19.4 Å². The summed E-state index contributed by atoms with van der Waals surface area (Å²) in [5, 5.41) is 3.28. The van der Waals surface area contributed by atoms with Crippen molar-refractivity contribution in [2.45, 2.75) is 24.5 Å². The number of aromatic nitrogens is 2. The van der Waals surface area contributed by atoms with Crippen molar-refractivity contribution in [1.82, 2.24) is 9.97 Å². The Morgan fingerprint density at radius 3 is 3.19 bits per heavy atom. The van der Waals surface area contributed by atoms with Crippen LogP contribution in [0, 0.1) is 0 Å². The third-order valence-electron chi connectivity index (χ3n) is 2.76. The number of ether oxygens (including phenoxy) is 1. The lowest BCUT2D eigenvalue weighted by Crippen LogP contribution is -2.27. The number of thioether (sulfide) groups is 1. The first-order valence-corrected chi connectivity index (χ1v) is 6.45. The molecular weight excluding hydrogens is 222 g/mol. The zero-order valence-corrected chi connectivity index (χ0v) is 10.5. The van der Waals surface area contributed by atoms with Gasteiger partial charge in [-0.05, 0) is 25.5 Å². The fraction of sp³-hybridized carbons (Fsp3) is 0.636. The summed E-state index contributed by atoms with van der Waals surface area (Å²) in [6.45, 7) is 3.20. The maximum Gasteiger partial charge on any atom is 0.225 e. The van der Waals surface area contributed by atoms with Crippen LogP contribution in [0.25, 0.3) is 0 Å². The average Bonchev–Trinajstić information content (AvgIpc) is 2.75. The van der Waals surface area contributed by atoms with E-state index in [-0.39, 0.29) is 0 Å². The molecule has 0 spiro atoms. The van der Waals surface area contributed by atoms with Crippen molar-refractivity contribution < 1.29 is 4.74 Å². The molecule has 1 aliphatic rings. The molecule has 0 aliphatic carbocycles. The first kappa shape index (κ1) is 11.5. The summed E-state index contributed by atoms with van der Waals surface area (Å²) in [6.07, 6.45) is 4.27. The highest BCUT2D eigenvalue weighted by Gasteiger charge is 2.29. The molecule has 88 valence electrons. The van der Waals surface area contributed by atoms with E-state index in [1.807, 2.05) is 11.8 Å². The highest BCUT2D eigenvalue weighted by molar-refractivity contribution is 8.00. The molecular formula is C11H17N3OS. The highest BCUT2D eigenvalue weighted by Crippen LogP contribution is 2.37. The predicted molar refractivity (Wildman–Crippen MR) is 67.2 cm³/mol. The second kappa shape index (κ2) is 4.91. The van der Waals surface area contributed by atoms with E-state index in [9.17, 15) is 0 Å². The van der Waals surface area contributed by atoms with Crippen LogP contribution >= 0.6 is 11.8 Å². The van der Waals surface area contributed by atoms with Crippen molar-refractivity contribution in [2.75, 3.05) is 24.7 Å². The van der Waals surface area contributed by atoms with Crippen LogP contribution in [0.1, 0.15) is 19.8 Å². The molecule has 16 heavy (non-hydrogen) atoms. The Morgan fingerprint density at radius 2 is 2.50 bits per heavy atom. The van der Waals surface area contributed by atoms with Gasteiger partial charge in [0.05, 0.1) is 7.11 Å². The summed E-state index contributed by atoms with van der Waals surface area (Å²) < 4.78 is 5.38. The van der Waals surface area contributed by atoms with E-state index in [0.29, 0.717) is 16.6 Å². The fourth-order valence-corrected chi connectivity index (χ4v) is 3.03. The van der Waals surface area contributed by atoms with Gasteiger partial charge >= 0.3 is 0 Å². The summed E-state index contributed by atoms with van der Waals surface area (Å²) >= 11 is 2.02. The summed E-state index contributed by atoms with van der Waals surface area (Å²) in [4.78, 5) is 8.40. The Balaban J connectivity index is 1.93. The number of hydrogen-bond acceptors (Lipinski definition) is 5. The Kier molecular flexibility index (Phi) is 3.53. The molecule has 1 unspecified atom stereocenters. The lowest BCUT2D eigenvalue weighted by Gasteiger charge is -2.22. The maximum absolute atomic E-state index is 5.06. The minimum Gasteiger partial charge on any atom is -0.481 e. The fourth-order valence-electron chi connectivity index (χ4n) is 1.78. The number of anilines is 1. The molecule has 1 aromatic rings. The lowest BCUT2D eigenvalue weighted by atomic mass is 10.1. The Labute approximate surface area is 100 Å². The number of nitrogens with one attached hydrogen (secondary N) is 1. The Hall–Kier alpha value is -0.970. The molecule has 0 aromatic carbocycles. The van der Waals surface area contributed by atoms with E-state index >= 15 is 0 Å². The molecule has 1 fully saturated rings. The lowest BCUT2D eigenvalue weighted by molar-refractivity contribution is 0.397. The van der Waals surface area contributed by atoms with E-state index in [0.717, 1.165) is 6.54 Å². The Bertz CT molecular complexity index is 353. The largest absolute Gasteiger partial charge is 0.481 e. The summed E-state index contributed by atoms with van der Waals surface area (Å²) in [6, 6.07) is 1.75. The summed E-state index contributed by atoms with van der Waals surface area (Å²) in [7, 11) is 1.61. The SMILES string of the molecule is COc1ccnc(NCC2(C)CCCS2)n1. The third kappa shape index (κ3) is 2.78. The molecule has 1 N–H and O–H groups in total. The van der Waals surface area contributed by atoms with Crippen molar-refractivity contribution in [3.63, 3.8) is 0 Å². The first-order chi connectivity index (χ1) is 7.72. The second-order valence-corrected chi connectivity index (χ2v) is 5.86. The number of rotatable bonds is 4. The zero-order chi connectivity index (χ0) is 11.4. The van der Waals surface area contributed by atoms with Crippen LogP contribution in [0.2, 0.25) is 0 Å². The molecule has 1 saturated heterocycles. The molecule has 0 saturated carbocycles. The normalized spacial score (nSPS) is 24.4. The Morgan fingerprint density at radius 1 is 1.62 bits per heavy atom. The topological polar surface area (TPSA) is 47.0 Å². The van der Waals surface area contributed by atoms with Crippen LogP contribution in [0.15, 0.2) is 12.3 Å². The van der Waals surface area contributed by atoms with Crippen molar-refractivity contribution in [3.8, 4) is 5.88 Å². The summed E-state index contributed by atoms with van der Waals surface area (Å²) in [5.74, 6) is 2.51. The molecule has 2 rings (SSSR count). The van der Waals surface area contributed by atoms with Crippen molar-refractivity contribution >= 4 is 17.7 Å². The summed E-state index contributed by atoms with van der Waals surface area (Å²) in [5.41, 5.74) is 0. The van der Waals surface area contributed by atoms with Crippen molar-refractivity contribution in [2.24, 2.45) is 0 Å². The van der Waals surface area contributed by atoms with Gasteiger partial charge in [0.15, 0.2) is 0 Å². The van der Waals surface area contributed by atoms with Gasteiger partial charge in [-0.15, -0.1) is 0 Å². The quantitative estimate of drug-likeness (QED) is 0.872. The standard InChI is InChI=1S/C11H17N3OS/c1-11(5-3-7-16-11)8-13-10-12-6-4-9(14-10)15-2/h4,6H,3,5,7-8H2,1-2H3,(H,12,13,14).